The average Bonchev–Trinajstić information content (AvgIpc) is 2.35. The fraction of sp³-hybridized carbons (Fsp3) is 0.462. The zero-order valence-corrected chi connectivity index (χ0v) is 11.5. The van der Waals surface area contributed by atoms with E-state index in [1.807, 2.05) is 6.92 Å². The molecule has 5 heteroatoms. The van der Waals surface area contributed by atoms with Crippen LogP contribution in [0.2, 0.25) is 5.02 Å². The molecule has 1 heterocycles. The fourth-order valence-corrected chi connectivity index (χ4v) is 2.49. The van der Waals surface area contributed by atoms with Crippen molar-refractivity contribution in [2.24, 2.45) is 5.92 Å². The molecule has 1 amide bonds. The topological polar surface area (TPSA) is 20.3 Å². The highest BCUT2D eigenvalue weighted by atomic mass is 35.5. The van der Waals surface area contributed by atoms with Gasteiger partial charge in [0, 0.05) is 18.5 Å². The van der Waals surface area contributed by atoms with Gasteiger partial charge in [-0.3, -0.25) is 4.79 Å². The van der Waals surface area contributed by atoms with E-state index in [0.29, 0.717) is 13.1 Å². The maximum Gasteiger partial charge on any atom is 0.256 e. The number of hydrogen-bond acceptors (Lipinski definition) is 1. The van der Waals surface area contributed by atoms with E-state index < -0.39 is 5.82 Å². The quantitative estimate of drug-likeness (QED) is 0.724. The van der Waals surface area contributed by atoms with Crippen molar-refractivity contribution in [3.05, 3.63) is 34.6 Å². The van der Waals surface area contributed by atoms with Crippen molar-refractivity contribution in [1.29, 1.82) is 0 Å². The van der Waals surface area contributed by atoms with Gasteiger partial charge in [-0.05, 0) is 24.5 Å². The summed E-state index contributed by atoms with van der Waals surface area (Å²) in [6.07, 6.45) is 0.733. The van der Waals surface area contributed by atoms with Crippen LogP contribution in [0, 0.1) is 11.7 Å². The number of alkyl halides is 1. The number of piperidine rings is 1. The maximum atomic E-state index is 13.8. The largest absolute Gasteiger partial charge is 0.338 e. The van der Waals surface area contributed by atoms with Gasteiger partial charge in [-0.1, -0.05) is 24.6 Å². The minimum atomic E-state index is -0.648. The SMILES string of the molecule is CC1CN(C(=O)c2cccc(Cl)c2F)CCC1Cl. The molecule has 0 aromatic heterocycles. The third-order valence-electron chi connectivity index (χ3n) is 3.27. The van der Waals surface area contributed by atoms with E-state index in [0.717, 1.165) is 6.42 Å². The summed E-state index contributed by atoms with van der Waals surface area (Å²) in [5, 5.41) is 0.0550. The molecule has 1 aromatic carbocycles. The van der Waals surface area contributed by atoms with E-state index in [2.05, 4.69) is 0 Å². The molecule has 0 N–H and O–H groups in total. The summed E-state index contributed by atoms with van der Waals surface area (Å²) in [4.78, 5) is 13.8. The van der Waals surface area contributed by atoms with Gasteiger partial charge >= 0.3 is 0 Å². The molecule has 0 bridgehead atoms. The Bertz CT molecular complexity index is 466. The third kappa shape index (κ3) is 2.62. The van der Waals surface area contributed by atoms with Crippen molar-refractivity contribution in [1.82, 2.24) is 4.90 Å². The summed E-state index contributed by atoms with van der Waals surface area (Å²) >= 11 is 11.8. The lowest BCUT2D eigenvalue weighted by Gasteiger charge is -2.34. The summed E-state index contributed by atoms with van der Waals surface area (Å²) in [6.45, 7) is 3.10. The van der Waals surface area contributed by atoms with Crippen LogP contribution in [0.1, 0.15) is 23.7 Å². The first-order valence-corrected chi connectivity index (χ1v) is 6.69. The highest BCUT2D eigenvalue weighted by Crippen LogP contribution is 2.25. The predicted molar refractivity (Wildman–Crippen MR) is 70.7 cm³/mol. The van der Waals surface area contributed by atoms with Crippen molar-refractivity contribution >= 4 is 29.1 Å². The minimum Gasteiger partial charge on any atom is -0.338 e. The van der Waals surface area contributed by atoms with Gasteiger partial charge in [0.15, 0.2) is 5.82 Å². The van der Waals surface area contributed by atoms with E-state index in [-0.39, 0.29) is 27.8 Å². The number of hydrogen-bond donors (Lipinski definition) is 0. The first-order valence-electron chi connectivity index (χ1n) is 5.88. The van der Waals surface area contributed by atoms with Crippen molar-refractivity contribution in [3.8, 4) is 0 Å². The van der Waals surface area contributed by atoms with Crippen LogP contribution in [0.25, 0.3) is 0 Å². The number of rotatable bonds is 1. The summed E-state index contributed by atoms with van der Waals surface area (Å²) < 4.78 is 13.8. The Balaban J connectivity index is 2.19. The first-order chi connectivity index (χ1) is 8.50. The van der Waals surface area contributed by atoms with Crippen molar-refractivity contribution < 1.29 is 9.18 Å². The molecule has 1 aliphatic heterocycles. The fourth-order valence-electron chi connectivity index (χ4n) is 2.14. The maximum absolute atomic E-state index is 13.8. The van der Waals surface area contributed by atoms with Crippen LogP contribution in [-0.4, -0.2) is 29.3 Å². The molecule has 1 aromatic rings. The normalized spacial score (nSPS) is 24.1. The Labute approximate surface area is 116 Å². The second-order valence-corrected chi connectivity index (χ2v) is 5.60. The number of benzene rings is 1. The molecular weight excluding hydrogens is 276 g/mol. The summed E-state index contributed by atoms with van der Waals surface area (Å²) in [5.74, 6) is -0.748. The Morgan fingerprint density at radius 2 is 2.22 bits per heavy atom. The molecular formula is C13H14Cl2FNO. The third-order valence-corrected chi connectivity index (χ3v) is 4.21. The summed E-state index contributed by atoms with van der Waals surface area (Å²) in [6, 6.07) is 4.47. The van der Waals surface area contributed by atoms with Gasteiger partial charge in [-0.15, -0.1) is 11.6 Å². The molecule has 0 radical (unpaired) electrons. The Kier molecular flexibility index (Phi) is 4.13. The van der Waals surface area contributed by atoms with Gasteiger partial charge in [0.25, 0.3) is 5.91 Å². The van der Waals surface area contributed by atoms with Gasteiger partial charge in [0.05, 0.1) is 10.6 Å². The van der Waals surface area contributed by atoms with E-state index in [1.165, 1.54) is 12.1 Å². The molecule has 1 saturated heterocycles. The molecule has 1 aliphatic rings. The van der Waals surface area contributed by atoms with Crippen molar-refractivity contribution in [2.75, 3.05) is 13.1 Å². The zero-order chi connectivity index (χ0) is 13.3. The van der Waals surface area contributed by atoms with Crippen LogP contribution in [0.15, 0.2) is 18.2 Å². The van der Waals surface area contributed by atoms with E-state index in [4.69, 9.17) is 23.2 Å². The highest BCUT2D eigenvalue weighted by Gasteiger charge is 2.29. The van der Waals surface area contributed by atoms with Gasteiger partial charge in [0.2, 0.25) is 0 Å². The Morgan fingerprint density at radius 1 is 1.50 bits per heavy atom. The smallest absolute Gasteiger partial charge is 0.256 e. The van der Waals surface area contributed by atoms with Gasteiger partial charge in [-0.25, -0.2) is 4.39 Å². The number of nitrogens with zero attached hydrogens (tertiary/aromatic N) is 1. The predicted octanol–water partition coefficient (Wildman–Crippen LogP) is 3.57. The van der Waals surface area contributed by atoms with Crippen molar-refractivity contribution in [2.45, 2.75) is 18.7 Å². The average molecular weight is 290 g/mol. The summed E-state index contributed by atoms with van der Waals surface area (Å²) in [7, 11) is 0. The standard InChI is InChI=1S/C13H14Cl2FNO/c1-8-7-17(6-5-10(8)14)13(18)9-3-2-4-11(15)12(9)16/h2-4,8,10H,5-7H2,1H3. The molecule has 18 heavy (non-hydrogen) atoms. The number of amides is 1. The Morgan fingerprint density at radius 3 is 2.89 bits per heavy atom. The zero-order valence-electron chi connectivity index (χ0n) is 10.00. The van der Waals surface area contributed by atoms with Crippen LogP contribution >= 0.6 is 23.2 Å². The number of carbonyl (C=O) groups is 1. The number of carbonyl (C=O) groups excluding carboxylic acids is 1. The van der Waals surface area contributed by atoms with Crippen LogP contribution in [0.4, 0.5) is 4.39 Å². The monoisotopic (exact) mass is 289 g/mol. The molecule has 2 rings (SSSR count). The van der Waals surface area contributed by atoms with Crippen LogP contribution in [0.5, 0.6) is 0 Å². The second-order valence-electron chi connectivity index (χ2n) is 4.63. The number of likely N-dealkylation sites (tertiary alicyclic amines) is 1. The molecule has 2 nitrogen and oxygen atoms in total. The van der Waals surface area contributed by atoms with Gasteiger partial charge in [0.1, 0.15) is 0 Å². The molecule has 98 valence electrons. The van der Waals surface area contributed by atoms with E-state index in [9.17, 15) is 9.18 Å². The molecule has 1 fully saturated rings. The van der Waals surface area contributed by atoms with Gasteiger partial charge in [-0.2, -0.15) is 0 Å². The van der Waals surface area contributed by atoms with E-state index in [1.54, 1.807) is 11.0 Å². The minimum absolute atomic E-state index is 0.0267. The summed E-state index contributed by atoms with van der Waals surface area (Å²) in [5.41, 5.74) is 0.0303. The lowest BCUT2D eigenvalue weighted by molar-refractivity contribution is 0.0682. The molecule has 2 unspecified atom stereocenters. The first kappa shape index (κ1) is 13.6. The van der Waals surface area contributed by atoms with E-state index >= 15 is 0 Å². The second kappa shape index (κ2) is 5.45. The Hall–Kier alpha value is -0.800. The molecule has 0 aliphatic carbocycles. The van der Waals surface area contributed by atoms with Crippen LogP contribution < -0.4 is 0 Å². The highest BCUT2D eigenvalue weighted by molar-refractivity contribution is 6.31. The number of halogens is 3. The van der Waals surface area contributed by atoms with Crippen molar-refractivity contribution in [3.63, 3.8) is 0 Å². The van der Waals surface area contributed by atoms with Crippen LogP contribution in [0.3, 0.4) is 0 Å². The van der Waals surface area contributed by atoms with Gasteiger partial charge < -0.3 is 4.90 Å². The van der Waals surface area contributed by atoms with Crippen LogP contribution in [-0.2, 0) is 0 Å². The molecule has 0 saturated carbocycles. The lowest BCUT2D eigenvalue weighted by atomic mass is 9.99. The molecule has 2 atom stereocenters. The lowest BCUT2D eigenvalue weighted by Crippen LogP contribution is -2.43. The molecule has 0 spiro atoms.